The van der Waals surface area contributed by atoms with Crippen LogP contribution < -0.4 is 24.7 Å². The van der Waals surface area contributed by atoms with Crippen molar-refractivity contribution in [3.63, 3.8) is 0 Å². The number of aliphatic hydroxyl groups is 2. The molecule has 4 heterocycles. The molecule has 4 N–H and O–H groups in total. The number of benzene rings is 2. The van der Waals surface area contributed by atoms with Gasteiger partial charge >= 0.3 is 11.9 Å². The lowest BCUT2D eigenvalue weighted by Crippen LogP contribution is -2.34. The van der Waals surface area contributed by atoms with Crippen LogP contribution in [0.5, 0.6) is 23.0 Å². The molecule has 2 unspecified atom stereocenters. The van der Waals surface area contributed by atoms with Crippen molar-refractivity contribution >= 4 is 24.1 Å². The number of hydrogen-bond acceptors (Lipinski definition) is 18. The van der Waals surface area contributed by atoms with Crippen LogP contribution in [0.4, 0.5) is 0 Å². The molecule has 2 aromatic rings. The maximum absolute atomic E-state index is 13.5. The Morgan fingerprint density at radius 2 is 1.07 bits per heavy atom. The molecule has 4 aliphatic heterocycles. The van der Waals surface area contributed by atoms with Gasteiger partial charge in [-0.15, -0.1) is 0 Å². The van der Waals surface area contributed by atoms with Crippen LogP contribution in [-0.2, 0) is 37.9 Å². The maximum atomic E-state index is 13.5. The number of fused-ring (bicyclic) bond motifs is 4. The highest BCUT2D eigenvalue weighted by molar-refractivity contribution is 5.99. The van der Waals surface area contributed by atoms with Gasteiger partial charge in [0.15, 0.2) is 25.2 Å². The van der Waals surface area contributed by atoms with Gasteiger partial charge in [0.05, 0.1) is 25.4 Å². The molecule has 0 aromatic heterocycles. The number of nitrogens with zero attached hydrogens (tertiary/aromatic N) is 3. The van der Waals surface area contributed by atoms with Gasteiger partial charge in [-0.1, -0.05) is 67.6 Å². The third kappa shape index (κ3) is 16.7. The van der Waals surface area contributed by atoms with E-state index in [0.29, 0.717) is 67.2 Å². The van der Waals surface area contributed by atoms with Gasteiger partial charge in [0.25, 0.3) is 0 Å². The zero-order valence-corrected chi connectivity index (χ0v) is 44.3. The molecule has 20 heteroatoms. The van der Waals surface area contributed by atoms with Gasteiger partial charge in [0.1, 0.15) is 70.7 Å². The SMILES string of the molecule is COCOc1ccc(OCCCN)c2c1C(=O)O[C@@H](C)[C@H](C)/C=C\C(O)[C@H]1OC(C)(C)O[C@H]1CC=C2.COCOc1ccc(OCCCN=[N+]=[N-])c2c1C(=O)O[C@@H](C)[C@H](C)/C=C\C(O)[C@H]1OC(C)(C)O[C@H]1CC=C2. The quantitative estimate of drug-likeness (QED) is 0.0289. The molecule has 2 saturated heterocycles. The minimum atomic E-state index is -0.903. The highest BCUT2D eigenvalue weighted by Crippen LogP contribution is 2.39. The molecule has 20 nitrogen and oxygen atoms in total. The number of aliphatic hydroxyl groups excluding tert-OH is 2. The lowest BCUT2D eigenvalue weighted by atomic mass is 9.98. The van der Waals surface area contributed by atoms with E-state index in [9.17, 15) is 19.8 Å². The van der Waals surface area contributed by atoms with Crippen LogP contribution in [-0.4, -0.2) is 137 Å². The molecular formula is C54H76N4O16. The van der Waals surface area contributed by atoms with Gasteiger partial charge in [-0.25, -0.2) is 9.59 Å². The van der Waals surface area contributed by atoms with Crippen LogP contribution >= 0.6 is 0 Å². The number of esters is 2. The monoisotopic (exact) mass is 1040 g/mol. The van der Waals surface area contributed by atoms with E-state index in [1.807, 2.05) is 65.8 Å². The van der Waals surface area contributed by atoms with Crippen molar-refractivity contribution < 1.29 is 76.6 Å². The molecule has 10 atom stereocenters. The largest absolute Gasteiger partial charge is 0.493 e. The number of nitrogens with two attached hydrogens (primary N) is 1. The summed E-state index contributed by atoms with van der Waals surface area (Å²) in [4.78, 5) is 29.7. The van der Waals surface area contributed by atoms with Crippen LogP contribution in [0, 0.1) is 11.8 Å². The van der Waals surface area contributed by atoms with Crippen molar-refractivity contribution in [2.24, 2.45) is 22.7 Å². The molecular weight excluding hydrogens is 961 g/mol. The molecule has 2 fully saturated rings. The Kier molecular flexibility index (Phi) is 22.8. The minimum Gasteiger partial charge on any atom is -0.493 e. The second-order valence-electron chi connectivity index (χ2n) is 19.2. The van der Waals surface area contributed by atoms with Crippen molar-refractivity contribution in [2.75, 3.05) is 54.1 Å². The summed E-state index contributed by atoms with van der Waals surface area (Å²) in [5.74, 6) is -1.64. The molecule has 4 aliphatic rings. The second kappa shape index (κ2) is 28.4. The fraction of sp³-hybridized carbons (Fsp3) is 0.593. The van der Waals surface area contributed by atoms with Gasteiger partial charge in [-0.05, 0) is 104 Å². The summed E-state index contributed by atoms with van der Waals surface area (Å²) in [5.41, 5.74) is 15.6. The number of rotatable bonds is 15. The van der Waals surface area contributed by atoms with Crippen molar-refractivity contribution in [3.05, 3.63) is 93.4 Å². The lowest BCUT2D eigenvalue weighted by molar-refractivity contribution is -0.152. The van der Waals surface area contributed by atoms with Crippen molar-refractivity contribution in [3.8, 4) is 23.0 Å². The summed E-state index contributed by atoms with van der Waals surface area (Å²) in [5, 5.41) is 25.2. The van der Waals surface area contributed by atoms with E-state index in [0.717, 1.165) is 0 Å². The Hall–Kier alpha value is -5.51. The lowest BCUT2D eigenvalue weighted by Gasteiger charge is -2.23. The Labute approximate surface area is 434 Å². The summed E-state index contributed by atoms with van der Waals surface area (Å²) in [6, 6.07) is 6.76. The van der Waals surface area contributed by atoms with Crippen molar-refractivity contribution in [1.29, 1.82) is 0 Å². The van der Waals surface area contributed by atoms with Crippen LogP contribution in [0.3, 0.4) is 0 Å². The molecule has 2 aromatic carbocycles. The fourth-order valence-corrected chi connectivity index (χ4v) is 8.37. The number of azide groups is 1. The molecule has 0 saturated carbocycles. The number of carbonyl (C=O) groups excluding carboxylic acids is 2. The average molecular weight is 1040 g/mol. The van der Waals surface area contributed by atoms with Gasteiger partial charge in [0, 0.05) is 48.6 Å². The highest BCUT2D eigenvalue weighted by Gasteiger charge is 2.45. The zero-order chi connectivity index (χ0) is 54.0. The van der Waals surface area contributed by atoms with Crippen LogP contribution in [0.1, 0.15) is 113 Å². The summed E-state index contributed by atoms with van der Waals surface area (Å²) in [7, 11) is 3.00. The van der Waals surface area contributed by atoms with Crippen LogP contribution in [0.15, 0.2) is 65.8 Å². The Morgan fingerprint density at radius 1 is 0.649 bits per heavy atom. The van der Waals surface area contributed by atoms with Crippen molar-refractivity contribution in [1.82, 2.24) is 0 Å². The van der Waals surface area contributed by atoms with Gasteiger partial charge in [0.2, 0.25) is 0 Å². The zero-order valence-electron chi connectivity index (χ0n) is 44.3. The van der Waals surface area contributed by atoms with Crippen molar-refractivity contribution in [2.45, 2.75) is 141 Å². The Bertz CT molecular complexity index is 2330. The molecule has 74 heavy (non-hydrogen) atoms. The van der Waals surface area contributed by atoms with E-state index < -0.39 is 72.3 Å². The van der Waals surface area contributed by atoms with E-state index >= 15 is 0 Å². The Morgan fingerprint density at radius 3 is 1.47 bits per heavy atom. The molecule has 0 aliphatic carbocycles. The van der Waals surface area contributed by atoms with E-state index in [2.05, 4.69) is 10.0 Å². The predicted molar refractivity (Wildman–Crippen MR) is 275 cm³/mol. The third-order valence-electron chi connectivity index (χ3n) is 12.4. The number of carbonyl (C=O) groups is 2. The highest BCUT2D eigenvalue weighted by atomic mass is 16.8. The Balaban J connectivity index is 0.000000274. The normalized spacial score (nSPS) is 28.3. The molecule has 0 spiro atoms. The predicted octanol–water partition coefficient (Wildman–Crippen LogP) is 8.22. The first kappa shape index (κ1) is 59.4. The standard InChI is InChI=1S/C27H37N3O8.C27H39NO8/c1-17-10-11-20(31)25-23(37-27(3,4)38-25)9-6-8-19-21(34-15-7-14-29-30-28)12-13-22(35-16-33-5)24(19)26(32)36-18(17)2;1-17-10-11-20(29)25-23(35-27(3,4)36-25)9-6-8-19-21(32-15-7-14-28)12-13-22(33-16-31-5)24(19)26(30)34-18(17)2/h6,8,10-13,17-18,20,23,25,31H,7,9,14-16H2,1-5H3;6,8,10-13,17-18,20,23,25,29H,7,9,14-16,28H2,1-5H3/b2*8-6?,11-10-/t2*17-,18+,20?,23+,25-/m11/s1. The molecule has 0 amide bonds. The number of cyclic esters (lactones) is 2. The third-order valence-corrected chi connectivity index (χ3v) is 12.4. The first-order valence-corrected chi connectivity index (χ1v) is 25.1. The fourth-order valence-electron chi connectivity index (χ4n) is 8.37. The molecule has 0 bridgehead atoms. The number of methoxy groups -OCH3 is 2. The minimum absolute atomic E-state index is 0.0343. The summed E-state index contributed by atoms with van der Waals surface area (Å²) in [6.07, 6.45) is 11.5. The van der Waals surface area contributed by atoms with Crippen LogP contribution in [0.2, 0.25) is 0 Å². The van der Waals surface area contributed by atoms with Gasteiger partial charge < -0.3 is 72.8 Å². The summed E-state index contributed by atoms with van der Waals surface area (Å²) in [6.45, 7) is 16.0. The first-order chi connectivity index (χ1) is 35.3. The van der Waals surface area contributed by atoms with E-state index in [-0.39, 0.29) is 55.4 Å². The average Bonchev–Trinajstić information content (AvgIpc) is 3.86. The molecule has 0 radical (unpaired) electrons. The van der Waals surface area contributed by atoms with E-state index in [4.69, 9.17) is 68.1 Å². The number of hydrogen-bond donors (Lipinski definition) is 3. The van der Waals surface area contributed by atoms with Crippen LogP contribution in [0.25, 0.3) is 22.6 Å². The smallest absolute Gasteiger partial charge is 0.342 e. The van der Waals surface area contributed by atoms with Gasteiger partial charge in [-0.3, -0.25) is 0 Å². The topological polar surface area (TPSA) is 260 Å². The maximum Gasteiger partial charge on any atom is 0.342 e. The first-order valence-electron chi connectivity index (χ1n) is 25.1. The molecule has 408 valence electrons. The van der Waals surface area contributed by atoms with E-state index in [1.165, 1.54) is 14.2 Å². The summed E-state index contributed by atoms with van der Waals surface area (Å²) < 4.78 is 69.4. The molecule has 6 rings (SSSR count). The summed E-state index contributed by atoms with van der Waals surface area (Å²) >= 11 is 0. The number of ether oxygens (including phenoxy) is 12. The van der Waals surface area contributed by atoms with E-state index in [1.54, 1.807) is 62.4 Å². The second-order valence-corrected chi connectivity index (χ2v) is 19.2. The van der Waals surface area contributed by atoms with Gasteiger partial charge in [-0.2, -0.15) is 0 Å².